The van der Waals surface area contributed by atoms with Crippen molar-refractivity contribution >= 4 is 21.9 Å². The van der Waals surface area contributed by atoms with Crippen molar-refractivity contribution < 1.29 is 27.5 Å². The number of amides is 1. The molecule has 1 atom stereocenters. The molecule has 130 valence electrons. The number of nitriles is 1. The Morgan fingerprint density at radius 2 is 2.08 bits per heavy atom. The van der Waals surface area contributed by atoms with Gasteiger partial charge in [0.1, 0.15) is 17.9 Å². The molecule has 0 aliphatic rings. The van der Waals surface area contributed by atoms with Crippen LogP contribution in [0.1, 0.15) is 19.4 Å². The molecule has 1 aromatic carbocycles. The van der Waals surface area contributed by atoms with Gasteiger partial charge < -0.3 is 10.4 Å². The number of halogens is 1. The molecule has 0 spiro atoms. The van der Waals surface area contributed by atoms with Gasteiger partial charge in [-0.15, -0.1) is 0 Å². The molecule has 1 rings (SSSR count). The number of nitrogens with zero attached hydrogens (tertiary/aromatic N) is 2. The topological polar surface area (TPSA) is 128 Å². The van der Waals surface area contributed by atoms with Crippen molar-refractivity contribution in [2.45, 2.75) is 24.8 Å². The fraction of sp³-hybridized carbons (Fsp3) is 0.357. The number of carbonyl (C=O) groups is 2. The van der Waals surface area contributed by atoms with Crippen molar-refractivity contribution in [2.75, 3.05) is 13.1 Å². The third-order valence-electron chi connectivity index (χ3n) is 3.16. The van der Waals surface area contributed by atoms with Gasteiger partial charge in [-0.3, -0.25) is 9.59 Å². The number of aliphatic carboxylic acids is 1. The van der Waals surface area contributed by atoms with E-state index in [0.717, 1.165) is 19.1 Å². The first-order valence-corrected chi connectivity index (χ1v) is 8.24. The van der Waals surface area contributed by atoms with Gasteiger partial charge in [-0.1, -0.05) is 0 Å². The van der Waals surface area contributed by atoms with Crippen LogP contribution in [0.3, 0.4) is 0 Å². The second-order valence-electron chi connectivity index (χ2n) is 4.87. The number of hydrogen-bond donors (Lipinski definition) is 2. The predicted molar refractivity (Wildman–Crippen MR) is 80.8 cm³/mol. The number of benzene rings is 1. The zero-order valence-corrected chi connectivity index (χ0v) is 13.8. The first-order chi connectivity index (χ1) is 11.1. The van der Waals surface area contributed by atoms with E-state index in [1.807, 2.05) is 0 Å². The Morgan fingerprint density at radius 1 is 1.46 bits per heavy atom. The lowest BCUT2D eigenvalue weighted by molar-refractivity contribution is -0.140. The Morgan fingerprint density at radius 3 is 2.54 bits per heavy atom. The number of rotatable bonds is 7. The summed E-state index contributed by atoms with van der Waals surface area (Å²) in [4.78, 5) is 21.6. The van der Waals surface area contributed by atoms with Crippen molar-refractivity contribution in [3.63, 3.8) is 0 Å². The average molecular weight is 357 g/mol. The smallest absolute Gasteiger partial charge is 0.321 e. The Hall–Kier alpha value is -2.51. The van der Waals surface area contributed by atoms with Crippen LogP contribution >= 0.6 is 0 Å². The number of nitrogens with one attached hydrogen (secondary N) is 1. The van der Waals surface area contributed by atoms with Crippen LogP contribution in [0.4, 0.5) is 4.39 Å². The van der Waals surface area contributed by atoms with Gasteiger partial charge in [0.2, 0.25) is 15.9 Å². The summed E-state index contributed by atoms with van der Waals surface area (Å²) in [5.41, 5.74) is -0.329. The van der Waals surface area contributed by atoms with Gasteiger partial charge in [0.25, 0.3) is 0 Å². The van der Waals surface area contributed by atoms with Crippen LogP contribution in [0.2, 0.25) is 0 Å². The van der Waals surface area contributed by atoms with Gasteiger partial charge in [0.15, 0.2) is 0 Å². The zero-order valence-electron chi connectivity index (χ0n) is 13.0. The molecule has 8 nitrogen and oxygen atoms in total. The average Bonchev–Trinajstić information content (AvgIpc) is 2.50. The Bertz CT molecular complexity index is 788. The van der Waals surface area contributed by atoms with Crippen LogP contribution in [0, 0.1) is 17.1 Å². The molecule has 1 unspecified atom stereocenters. The number of hydrogen-bond acceptors (Lipinski definition) is 5. The van der Waals surface area contributed by atoms with Gasteiger partial charge in [-0.05, 0) is 25.1 Å². The summed E-state index contributed by atoms with van der Waals surface area (Å²) >= 11 is 0. The molecule has 0 aromatic heterocycles. The molecule has 24 heavy (non-hydrogen) atoms. The van der Waals surface area contributed by atoms with Crippen LogP contribution in [-0.4, -0.2) is 48.8 Å². The largest absolute Gasteiger partial charge is 0.480 e. The highest BCUT2D eigenvalue weighted by atomic mass is 32.2. The lowest BCUT2D eigenvalue weighted by atomic mass is 10.2. The van der Waals surface area contributed by atoms with E-state index < -0.39 is 38.7 Å². The van der Waals surface area contributed by atoms with Crippen molar-refractivity contribution in [1.82, 2.24) is 9.62 Å². The summed E-state index contributed by atoms with van der Waals surface area (Å²) in [6.07, 6.45) is 0. The van der Waals surface area contributed by atoms with Crippen LogP contribution in [0.25, 0.3) is 0 Å². The summed E-state index contributed by atoms with van der Waals surface area (Å²) in [5.74, 6) is -2.82. The molecule has 10 heteroatoms. The van der Waals surface area contributed by atoms with Gasteiger partial charge in [0.05, 0.1) is 10.5 Å². The van der Waals surface area contributed by atoms with Gasteiger partial charge >= 0.3 is 5.97 Å². The maximum atomic E-state index is 13.7. The van der Waals surface area contributed by atoms with Gasteiger partial charge in [0, 0.05) is 20.0 Å². The minimum absolute atomic E-state index is 0.106. The van der Waals surface area contributed by atoms with E-state index in [1.165, 1.54) is 6.92 Å². The fourth-order valence-corrected chi connectivity index (χ4v) is 3.47. The van der Waals surface area contributed by atoms with E-state index >= 15 is 0 Å². The van der Waals surface area contributed by atoms with Crippen molar-refractivity contribution in [2.24, 2.45) is 0 Å². The van der Waals surface area contributed by atoms with E-state index in [-0.39, 0.29) is 18.7 Å². The lowest BCUT2D eigenvalue weighted by Crippen LogP contribution is -2.46. The summed E-state index contributed by atoms with van der Waals surface area (Å²) in [7, 11) is -4.34. The predicted octanol–water partition coefficient (Wildman–Crippen LogP) is 0.297. The minimum atomic E-state index is -4.34. The summed E-state index contributed by atoms with van der Waals surface area (Å²) in [6.45, 7) is 1.98. The monoisotopic (exact) mass is 357 g/mol. The molecule has 0 saturated heterocycles. The lowest BCUT2D eigenvalue weighted by Gasteiger charge is -2.25. The van der Waals surface area contributed by atoms with Crippen LogP contribution < -0.4 is 5.32 Å². The molecule has 1 aromatic rings. The van der Waals surface area contributed by atoms with E-state index in [0.29, 0.717) is 10.4 Å². The molecular weight excluding hydrogens is 341 g/mol. The van der Waals surface area contributed by atoms with Gasteiger partial charge in [-0.2, -0.15) is 9.57 Å². The summed E-state index contributed by atoms with van der Waals surface area (Å²) < 4.78 is 39.5. The van der Waals surface area contributed by atoms with Gasteiger partial charge in [-0.25, -0.2) is 12.8 Å². The van der Waals surface area contributed by atoms with Crippen LogP contribution in [0.5, 0.6) is 0 Å². The first-order valence-electron chi connectivity index (χ1n) is 6.80. The Balaban J connectivity index is 3.23. The number of carboxylic acid groups (broad SMARTS) is 1. The summed E-state index contributed by atoms with van der Waals surface area (Å²) in [6, 6.07) is 2.82. The molecule has 0 fully saturated rings. The highest BCUT2D eigenvalue weighted by Gasteiger charge is 2.33. The van der Waals surface area contributed by atoms with Crippen molar-refractivity contribution in [3.8, 4) is 6.07 Å². The second kappa shape index (κ2) is 7.85. The first kappa shape index (κ1) is 19.5. The van der Waals surface area contributed by atoms with E-state index in [4.69, 9.17) is 10.4 Å². The number of sulfonamides is 1. The highest BCUT2D eigenvalue weighted by molar-refractivity contribution is 7.89. The maximum absolute atomic E-state index is 13.7. The molecule has 0 aliphatic carbocycles. The van der Waals surface area contributed by atoms with E-state index in [1.54, 1.807) is 6.07 Å². The maximum Gasteiger partial charge on any atom is 0.321 e. The van der Waals surface area contributed by atoms with Crippen LogP contribution in [-0.2, 0) is 19.6 Å². The van der Waals surface area contributed by atoms with Crippen molar-refractivity contribution in [3.05, 3.63) is 29.6 Å². The standard InChI is InChI=1S/C14H16FN3O5S/c1-9(14(20)21)18(6-5-17-10(2)19)24(22,23)12-4-3-11(8-16)13(15)7-12/h3-4,7,9H,5-6H2,1-2H3,(H,17,19)(H,20,21). The molecule has 0 radical (unpaired) electrons. The second-order valence-corrected chi connectivity index (χ2v) is 6.76. The number of carbonyl (C=O) groups excluding carboxylic acids is 1. The molecule has 2 N–H and O–H groups in total. The molecule has 0 aliphatic heterocycles. The highest BCUT2D eigenvalue weighted by Crippen LogP contribution is 2.20. The van der Waals surface area contributed by atoms with Crippen LogP contribution in [0.15, 0.2) is 23.1 Å². The number of carboxylic acids is 1. The summed E-state index contributed by atoms with van der Waals surface area (Å²) in [5, 5.41) is 20.1. The molecule has 1 amide bonds. The van der Waals surface area contributed by atoms with E-state index in [2.05, 4.69) is 5.32 Å². The van der Waals surface area contributed by atoms with E-state index in [9.17, 15) is 22.4 Å². The normalized spacial score (nSPS) is 12.5. The Labute approximate surface area is 138 Å². The SMILES string of the molecule is CC(=O)NCCN(C(C)C(=O)O)S(=O)(=O)c1ccc(C#N)c(F)c1. The molecular formula is C14H16FN3O5S. The molecule has 0 bridgehead atoms. The minimum Gasteiger partial charge on any atom is -0.480 e. The molecule has 0 saturated carbocycles. The fourth-order valence-electron chi connectivity index (χ4n) is 1.87. The zero-order chi connectivity index (χ0) is 18.5. The quantitative estimate of drug-likeness (QED) is 0.722. The Kier molecular flexibility index (Phi) is 6.39. The molecule has 0 heterocycles. The third-order valence-corrected chi connectivity index (χ3v) is 5.13. The third kappa shape index (κ3) is 4.50. The van der Waals surface area contributed by atoms with Crippen molar-refractivity contribution in [1.29, 1.82) is 5.26 Å².